The van der Waals surface area contributed by atoms with Crippen molar-refractivity contribution in [2.24, 2.45) is 0 Å². The van der Waals surface area contributed by atoms with Crippen LogP contribution >= 0.6 is 11.6 Å². The standard InChI is InChI=1S/C23H24ClN3O3/c1-23(29,18-5-4-10-25-12-18)17-6-9-21(16(11-17)15-28)22(30-3)27(2)14-20-8-7-19(24)13-26-20/h4-13,15,22,29H,14H2,1-3H3. The van der Waals surface area contributed by atoms with E-state index >= 15 is 0 Å². The Kier molecular flexibility index (Phi) is 6.95. The van der Waals surface area contributed by atoms with Crippen molar-refractivity contribution in [1.82, 2.24) is 14.9 Å². The largest absolute Gasteiger partial charge is 0.381 e. The monoisotopic (exact) mass is 425 g/mol. The Morgan fingerprint density at radius 2 is 2.03 bits per heavy atom. The molecule has 0 bridgehead atoms. The summed E-state index contributed by atoms with van der Waals surface area (Å²) in [6, 6.07) is 12.5. The van der Waals surface area contributed by atoms with Crippen LogP contribution in [0.25, 0.3) is 0 Å². The molecule has 156 valence electrons. The Morgan fingerprint density at radius 3 is 2.63 bits per heavy atom. The highest BCUT2D eigenvalue weighted by Crippen LogP contribution is 2.32. The van der Waals surface area contributed by atoms with Gasteiger partial charge in [0.2, 0.25) is 0 Å². The molecule has 2 unspecified atom stereocenters. The van der Waals surface area contributed by atoms with Gasteiger partial charge in [0, 0.05) is 48.9 Å². The number of nitrogens with zero attached hydrogens (tertiary/aromatic N) is 3. The minimum atomic E-state index is -1.29. The van der Waals surface area contributed by atoms with Crippen LogP contribution in [0.2, 0.25) is 5.02 Å². The first-order valence-corrected chi connectivity index (χ1v) is 9.80. The summed E-state index contributed by atoms with van der Waals surface area (Å²) in [5, 5.41) is 11.6. The lowest BCUT2D eigenvalue weighted by Crippen LogP contribution is -2.28. The number of pyridine rings is 2. The number of aliphatic hydroxyl groups is 1. The van der Waals surface area contributed by atoms with Crippen molar-refractivity contribution in [1.29, 1.82) is 0 Å². The van der Waals surface area contributed by atoms with Crippen LogP contribution in [-0.2, 0) is 16.9 Å². The lowest BCUT2D eigenvalue weighted by Gasteiger charge is -2.29. The fraction of sp³-hybridized carbons (Fsp3) is 0.261. The van der Waals surface area contributed by atoms with E-state index in [9.17, 15) is 9.90 Å². The van der Waals surface area contributed by atoms with Crippen LogP contribution in [0.15, 0.2) is 61.1 Å². The average molecular weight is 426 g/mol. The highest BCUT2D eigenvalue weighted by molar-refractivity contribution is 6.30. The van der Waals surface area contributed by atoms with Gasteiger partial charge in [-0.15, -0.1) is 0 Å². The lowest BCUT2D eigenvalue weighted by molar-refractivity contribution is -0.0255. The van der Waals surface area contributed by atoms with Crippen LogP contribution < -0.4 is 0 Å². The second-order valence-electron chi connectivity index (χ2n) is 7.25. The zero-order valence-corrected chi connectivity index (χ0v) is 17.9. The van der Waals surface area contributed by atoms with Gasteiger partial charge in [0.05, 0.1) is 10.7 Å². The highest BCUT2D eigenvalue weighted by atomic mass is 35.5. The second-order valence-corrected chi connectivity index (χ2v) is 7.68. The molecular weight excluding hydrogens is 402 g/mol. The first-order chi connectivity index (χ1) is 14.4. The smallest absolute Gasteiger partial charge is 0.150 e. The van der Waals surface area contributed by atoms with Crippen molar-refractivity contribution in [3.05, 3.63) is 94.0 Å². The molecule has 0 radical (unpaired) electrons. The van der Waals surface area contributed by atoms with E-state index < -0.39 is 11.8 Å². The Bertz CT molecular complexity index is 994. The number of carbonyl (C=O) groups excluding carboxylic acids is 1. The maximum absolute atomic E-state index is 11.9. The lowest BCUT2D eigenvalue weighted by atomic mass is 9.87. The van der Waals surface area contributed by atoms with Crippen molar-refractivity contribution in [2.45, 2.75) is 25.3 Å². The predicted octanol–water partition coefficient (Wildman–Crippen LogP) is 3.98. The van der Waals surface area contributed by atoms with Gasteiger partial charge in [0.25, 0.3) is 0 Å². The van der Waals surface area contributed by atoms with Crippen molar-refractivity contribution in [3.63, 3.8) is 0 Å². The molecule has 3 rings (SSSR count). The molecule has 0 fully saturated rings. The molecule has 0 saturated heterocycles. The van der Waals surface area contributed by atoms with Gasteiger partial charge in [-0.2, -0.15) is 0 Å². The van der Waals surface area contributed by atoms with E-state index in [2.05, 4.69) is 9.97 Å². The SMILES string of the molecule is COC(c1ccc(C(C)(O)c2cccnc2)cc1C=O)N(C)Cc1ccc(Cl)cn1. The van der Waals surface area contributed by atoms with Crippen molar-refractivity contribution in [2.75, 3.05) is 14.2 Å². The van der Waals surface area contributed by atoms with E-state index in [-0.39, 0.29) is 0 Å². The molecule has 30 heavy (non-hydrogen) atoms. The summed E-state index contributed by atoms with van der Waals surface area (Å²) >= 11 is 5.91. The van der Waals surface area contributed by atoms with E-state index in [4.69, 9.17) is 16.3 Å². The molecule has 0 aliphatic carbocycles. The third-order valence-corrected chi connectivity index (χ3v) is 5.31. The Labute approximate surface area is 181 Å². The number of hydrogen-bond donors (Lipinski definition) is 1. The van der Waals surface area contributed by atoms with Gasteiger partial charge in [-0.25, -0.2) is 0 Å². The molecule has 2 aromatic heterocycles. The average Bonchev–Trinajstić information content (AvgIpc) is 2.76. The third kappa shape index (κ3) is 4.74. The maximum atomic E-state index is 11.9. The first kappa shape index (κ1) is 22.1. The molecule has 1 N–H and O–H groups in total. The summed E-state index contributed by atoms with van der Waals surface area (Å²) in [5.74, 6) is 0. The summed E-state index contributed by atoms with van der Waals surface area (Å²) in [6.45, 7) is 2.18. The second kappa shape index (κ2) is 9.45. The number of aldehydes is 1. The van der Waals surface area contributed by atoms with E-state index in [1.165, 1.54) is 0 Å². The molecular formula is C23H24ClN3O3. The van der Waals surface area contributed by atoms with Gasteiger partial charge >= 0.3 is 0 Å². The number of benzene rings is 1. The summed E-state index contributed by atoms with van der Waals surface area (Å²) in [6.07, 6.45) is 5.16. The summed E-state index contributed by atoms with van der Waals surface area (Å²) < 4.78 is 5.69. The third-order valence-electron chi connectivity index (χ3n) is 5.09. The van der Waals surface area contributed by atoms with Gasteiger partial charge in [-0.05, 0) is 43.8 Å². The molecule has 2 heterocycles. The normalized spacial score (nSPS) is 14.3. The van der Waals surface area contributed by atoms with Gasteiger partial charge in [0.15, 0.2) is 0 Å². The van der Waals surface area contributed by atoms with Gasteiger partial charge in [0.1, 0.15) is 18.1 Å². The number of hydrogen-bond acceptors (Lipinski definition) is 6. The van der Waals surface area contributed by atoms with E-state index in [1.807, 2.05) is 24.1 Å². The Hall–Kier alpha value is -2.64. The van der Waals surface area contributed by atoms with Crippen molar-refractivity contribution >= 4 is 17.9 Å². The topological polar surface area (TPSA) is 75.6 Å². The summed E-state index contributed by atoms with van der Waals surface area (Å²) in [4.78, 5) is 22.2. The molecule has 0 spiro atoms. The quantitative estimate of drug-likeness (QED) is 0.434. The minimum absolute atomic E-state index is 0.444. The first-order valence-electron chi connectivity index (χ1n) is 9.42. The molecule has 0 aliphatic rings. The van der Waals surface area contributed by atoms with Gasteiger partial charge in [-0.1, -0.05) is 29.8 Å². The summed E-state index contributed by atoms with van der Waals surface area (Å²) in [5.41, 5.74) is 1.93. The van der Waals surface area contributed by atoms with Crippen LogP contribution in [0.3, 0.4) is 0 Å². The molecule has 6 nitrogen and oxygen atoms in total. The predicted molar refractivity (Wildman–Crippen MR) is 115 cm³/mol. The molecule has 3 aromatic rings. The number of carbonyl (C=O) groups is 1. The molecule has 7 heteroatoms. The van der Waals surface area contributed by atoms with Crippen molar-refractivity contribution in [3.8, 4) is 0 Å². The number of ether oxygens (including phenoxy) is 1. The van der Waals surface area contributed by atoms with Crippen LogP contribution in [-0.4, -0.2) is 40.4 Å². The fourth-order valence-corrected chi connectivity index (χ4v) is 3.52. The zero-order valence-electron chi connectivity index (χ0n) is 17.1. The molecule has 0 saturated carbocycles. The number of methoxy groups -OCH3 is 1. The zero-order chi connectivity index (χ0) is 21.7. The van der Waals surface area contributed by atoms with Crippen LogP contribution in [0.4, 0.5) is 0 Å². The number of aromatic nitrogens is 2. The van der Waals surface area contributed by atoms with E-state index in [0.29, 0.717) is 33.8 Å². The molecule has 0 aliphatic heterocycles. The van der Waals surface area contributed by atoms with Gasteiger partial charge < -0.3 is 9.84 Å². The fourth-order valence-electron chi connectivity index (χ4n) is 3.40. The van der Waals surface area contributed by atoms with Crippen molar-refractivity contribution < 1.29 is 14.6 Å². The van der Waals surface area contributed by atoms with Gasteiger partial charge in [-0.3, -0.25) is 19.7 Å². The number of halogens is 1. The molecule has 1 aromatic carbocycles. The van der Waals surface area contributed by atoms with Crippen LogP contribution in [0, 0.1) is 0 Å². The Balaban J connectivity index is 1.90. The molecule has 0 amide bonds. The summed E-state index contributed by atoms with van der Waals surface area (Å²) in [7, 11) is 3.48. The van der Waals surface area contributed by atoms with Crippen LogP contribution in [0.5, 0.6) is 0 Å². The Morgan fingerprint density at radius 1 is 1.23 bits per heavy atom. The highest BCUT2D eigenvalue weighted by Gasteiger charge is 2.28. The van der Waals surface area contributed by atoms with E-state index in [1.54, 1.807) is 63.0 Å². The number of rotatable bonds is 8. The van der Waals surface area contributed by atoms with Crippen LogP contribution in [0.1, 0.15) is 45.9 Å². The van der Waals surface area contributed by atoms with E-state index in [0.717, 1.165) is 12.0 Å². The minimum Gasteiger partial charge on any atom is -0.381 e. The maximum Gasteiger partial charge on any atom is 0.150 e. The molecule has 2 atom stereocenters.